The van der Waals surface area contributed by atoms with Gasteiger partial charge in [-0.2, -0.15) is 4.98 Å². The fraction of sp³-hybridized carbons (Fsp3) is 0.154. The lowest BCUT2D eigenvalue weighted by Crippen LogP contribution is -2.21. The van der Waals surface area contributed by atoms with E-state index in [1.165, 1.54) is 24.5 Å². The Hall–Kier alpha value is -3.43. The van der Waals surface area contributed by atoms with Crippen LogP contribution in [0.1, 0.15) is 0 Å². The van der Waals surface area contributed by atoms with Crippen molar-refractivity contribution in [2.45, 2.75) is 0 Å². The van der Waals surface area contributed by atoms with E-state index in [9.17, 15) is 14.9 Å². The maximum atomic E-state index is 11.9. The van der Waals surface area contributed by atoms with Gasteiger partial charge in [0, 0.05) is 17.7 Å². The molecule has 1 aliphatic rings. The number of carbonyl (C=O) groups excluding carboxylic acids is 1. The first-order valence-corrected chi connectivity index (χ1v) is 6.56. The first-order chi connectivity index (χ1) is 11.1. The van der Waals surface area contributed by atoms with Gasteiger partial charge in [0.25, 0.3) is 11.6 Å². The number of H-pyrrole nitrogens is 1. The molecule has 1 aliphatic heterocycles. The average Bonchev–Trinajstić information content (AvgIpc) is 3.04. The second-order valence-corrected chi connectivity index (χ2v) is 4.47. The Kier molecular flexibility index (Phi) is 3.87. The van der Waals surface area contributed by atoms with Gasteiger partial charge in [0.05, 0.1) is 4.92 Å². The predicted molar refractivity (Wildman–Crippen MR) is 77.1 cm³/mol. The number of nitro groups is 1. The molecule has 0 aliphatic carbocycles. The zero-order chi connectivity index (χ0) is 16.2. The molecule has 0 bridgehead atoms. The third-order valence-electron chi connectivity index (χ3n) is 2.91. The Labute approximate surface area is 129 Å². The van der Waals surface area contributed by atoms with Crippen LogP contribution < -0.4 is 5.32 Å². The highest BCUT2D eigenvalue weighted by atomic mass is 16.6. The summed E-state index contributed by atoms with van der Waals surface area (Å²) in [5.74, 6) is -0.211. The van der Waals surface area contributed by atoms with Gasteiger partial charge in [0.15, 0.2) is 5.82 Å². The van der Waals surface area contributed by atoms with Gasteiger partial charge in [0.1, 0.15) is 19.5 Å². The van der Waals surface area contributed by atoms with Crippen LogP contribution in [0.4, 0.5) is 11.6 Å². The van der Waals surface area contributed by atoms with Crippen molar-refractivity contribution < 1.29 is 19.2 Å². The highest BCUT2D eigenvalue weighted by molar-refractivity contribution is 6.01. The van der Waals surface area contributed by atoms with Crippen LogP contribution in [0.3, 0.4) is 0 Å². The SMILES string of the molecule is O=C(Nc1n[nH]c(-c2cccc([N+](=O)[O-])c2)n1)C1=COCCO1. The number of aromatic nitrogens is 3. The van der Waals surface area contributed by atoms with E-state index in [2.05, 4.69) is 20.5 Å². The lowest BCUT2D eigenvalue weighted by molar-refractivity contribution is -0.384. The number of aromatic amines is 1. The molecule has 0 atom stereocenters. The van der Waals surface area contributed by atoms with Crippen molar-refractivity contribution in [3.63, 3.8) is 0 Å². The highest BCUT2D eigenvalue weighted by Crippen LogP contribution is 2.21. The lowest BCUT2D eigenvalue weighted by atomic mass is 10.2. The molecule has 3 rings (SSSR count). The van der Waals surface area contributed by atoms with E-state index >= 15 is 0 Å². The fourth-order valence-corrected chi connectivity index (χ4v) is 1.86. The quantitative estimate of drug-likeness (QED) is 0.639. The first kappa shape index (κ1) is 14.5. The van der Waals surface area contributed by atoms with Crippen molar-refractivity contribution in [1.82, 2.24) is 15.2 Å². The molecule has 118 valence electrons. The molecule has 1 aromatic carbocycles. The van der Waals surface area contributed by atoms with Gasteiger partial charge >= 0.3 is 0 Å². The number of hydrogen-bond donors (Lipinski definition) is 2. The summed E-state index contributed by atoms with van der Waals surface area (Å²) in [6, 6.07) is 5.90. The normalized spacial score (nSPS) is 13.5. The van der Waals surface area contributed by atoms with Gasteiger partial charge in [-0.1, -0.05) is 12.1 Å². The van der Waals surface area contributed by atoms with Crippen molar-refractivity contribution in [3.05, 3.63) is 46.4 Å². The third-order valence-corrected chi connectivity index (χ3v) is 2.91. The van der Waals surface area contributed by atoms with Crippen LogP contribution in [-0.2, 0) is 14.3 Å². The molecule has 2 N–H and O–H groups in total. The minimum Gasteiger partial charge on any atom is -0.494 e. The largest absolute Gasteiger partial charge is 0.494 e. The van der Waals surface area contributed by atoms with Crippen LogP contribution in [-0.4, -0.2) is 39.2 Å². The number of anilines is 1. The smallest absolute Gasteiger partial charge is 0.296 e. The zero-order valence-electron chi connectivity index (χ0n) is 11.7. The molecule has 0 fully saturated rings. The number of nitro benzene ring substituents is 1. The van der Waals surface area contributed by atoms with Gasteiger partial charge in [-0.3, -0.25) is 25.3 Å². The fourth-order valence-electron chi connectivity index (χ4n) is 1.86. The maximum absolute atomic E-state index is 11.9. The van der Waals surface area contributed by atoms with E-state index < -0.39 is 10.8 Å². The van der Waals surface area contributed by atoms with E-state index in [0.29, 0.717) is 18.0 Å². The number of nitrogens with one attached hydrogen (secondary N) is 2. The van der Waals surface area contributed by atoms with E-state index in [0.717, 1.165) is 0 Å². The van der Waals surface area contributed by atoms with Crippen LogP contribution in [0.5, 0.6) is 0 Å². The first-order valence-electron chi connectivity index (χ1n) is 6.56. The molecule has 0 radical (unpaired) electrons. The van der Waals surface area contributed by atoms with Crippen molar-refractivity contribution in [2.24, 2.45) is 0 Å². The van der Waals surface area contributed by atoms with Gasteiger partial charge in [-0.25, -0.2) is 0 Å². The number of non-ortho nitro benzene ring substituents is 1. The molecular formula is C13H11N5O5. The van der Waals surface area contributed by atoms with E-state index in [4.69, 9.17) is 9.47 Å². The number of rotatable bonds is 4. The summed E-state index contributed by atoms with van der Waals surface area (Å²) >= 11 is 0. The number of amides is 1. The minimum atomic E-state index is -0.547. The third kappa shape index (κ3) is 3.26. The van der Waals surface area contributed by atoms with E-state index in [-0.39, 0.29) is 24.0 Å². The second kappa shape index (κ2) is 6.13. The Balaban J connectivity index is 1.75. The molecule has 0 unspecified atom stereocenters. The molecule has 2 aromatic rings. The molecule has 10 nitrogen and oxygen atoms in total. The highest BCUT2D eigenvalue weighted by Gasteiger charge is 2.17. The number of carbonyl (C=O) groups is 1. The summed E-state index contributed by atoms with van der Waals surface area (Å²) in [4.78, 5) is 26.2. The standard InChI is InChI=1S/C13H11N5O5/c19-12(10-7-22-4-5-23-10)15-13-14-11(16-17-13)8-2-1-3-9(6-8)18(20)21/h1-3,6-7H,4-5H2,(H2,14,15,16,17,19). The molecule has 0 spiro atoms. The van der Waals surface area contributed by atoms with Crippen molar-refractivity contribution in [3.8, 4) is 11.4 Å². The number of nitrogens with zero attached hydrogens (tertiary/aromatic N) is 3. The maximum Gasteiger partial charge on any atom is 0.296 e. The van der Waals surface area contributed by atoms with Crippen LogP contribution in [0, 0.1) is 10.1 Å². The van der Waals surface area contributed by atoms with Crippen molar-refractivity contribution >= 4 is 17.5 Å². The average molecular weight is 317 g/mol. The number of benzene rings is 1. The summed E-state index contributed by atoms with van der Waals surface area (Å²) < 4.78 is 10.1. The zero-order valence-corrected chi connectivity index (χ0v) is 11.7. The van der Waals surface area contributed by atoms with E-state index in [1.54, 1.807) is 6.07 Å². The molecule has 0 saturated heterocycles. The molecule has 0 saturated carbocycles. The van der Waals surface area contributed by atoms with Gasteiger partial charge in [-0.15, -0.1) is 5.10 Å². The monoisotopic (exact) mass is 317 g/mol. The Bertz CT molecular complexity index is 785. The van der Waals surface area contributed by atoms with Gasteiger partial charge in [0.2, 0.25) is 11.7 Å². The second-order valence-electron chi connectivity index (χ2n) is 4.47. The van der Waals surface area contributed by atoms with E-state index in [1.807, 2.05) is 0 Å². The molecule has 1 aromatic heterocycles. The molecule has 2 heterocycles. The minimum absolute atomic E-state index is 0.0200. The topological polar surface area (TPSA) is 132 Å². The van der Waals surface area contributed by atoms with Crippen LogP contribution in [0.2, 0.25) is 0 Å². The number of ether oxygens (including phenoxy) is 2. The van der Waals surface area contributed by atoms with Gasteiger partial charge < -0.3 is 9.47 Å². The summed E-state index contributed by atoms with van der Waals surface area (Å²) in [5.41, 5.74) is 0.408. The van der Waals surface area contributed by atoms with Crippen molar-refractivity contribution in [1.29, 1.82) is 0 Å². The molecule has 1 amide bonds. The predicted octanol–water partition coefficient (Wildman–Crippen LogP) is 1.21. The molecule has 10 heteroatoms. The summed E-state index contributed by atoms with van der Waals surface area (Å²) in [6.45, 7) is 0.667. The number of hydrogen-bond acceptors (Lipinski definition) is 7. The van der Waals surface area contributed by atoms with Crippen LogP contribution in [0.25, 0.3) is 11.4 Å². The Morgan fingerprint density at radius 2 is 2.26 bits per heavy atom. The summed E-state index contributed by atoms with van der Waals surface area (Å²) in [6.07, 6.45) is 1.22. The van der Waals surface area contributed by atoms with Gasteiger partial charge in [-0.05, 0) is 0 Å². The van der Waals surface area contributed by atoms with Crippen LogP contribution >= 0.6 is 0 Å². The Morgan fingerprint density at radius 3 is 3.00 bits per heavy atom. The molecular weight excluding hydrogens is 306 g/mol. The lowest BCUT2D eigenvalue weighted by Gasteiger charge is -2.13. The van der Waals surface area contributed by atoms with Crippen molar-refractivity contribution in [2.75, 3.05) is 18.5 Å². The molecule has 23 heavy (non-hydrogen) atoms. The summed E-state index contributed by atoms with van der Waals surface area (Å²) in [7, 11) is 0. The Morgan fingerprint density at radius 1 is 1.39 bits per heavy atom. The van der Waals surface area contributed by atoms with Crippen LogP contribution in [0.15, 0.2) is 36.3 Å². The summed E-state index contributed by atoms with van der Waals surface area (Å²) in [5, 5.41) is 19.7.